The highest BCUT2D eigenvalue weighted by Crippen LogP contribution is 2.13. The first-order chi connectivity index (χ1) is 8.56. The predicted octanol–water partition coefficient (Wildman–Crippen LogP) is 0.523. The van der Waals surface area contributed by atoms with Gasteiger partial charge in [-0.1, -0.05) is 20.8 Å². The van der Waals surface area contributed by atoms with Crippen molar-refractivity contribution in [2.75, 3.05) is 26.2 Å². The van der Waals surface area contributed by atoms with Gasteiger partial charge in [0.1, 0.15) is 4.90 Å². The Bertz CT molecular complexity index is 451. The molecule has 0 bridgehead atoms. The molecular weight excluding hydrogens is 252 g/mol. The minimum absolute atomic E-state index is 0.266. The molecule has 1 aromatic rings. The summed E-state index contributed by atoms with van der Waals surface area (Å²) in [5.74, 6) is 0. The highest BCUT2D eigenvalue weighted by atomic mass is 32.2. The molecule has 0 aliphatic heterocycles. The topological polar surface area (TPSA) is 67.2 Å². The van der Waals surface area contributed by atoms with E-state index in [9.17, 15) is 8.42 Å². The van der Waals surface area contributed by atoms with E-state index in [0.717, 1.165) is 13.1 Å². The first-order valence-electron chi connectivity index (χ1n) is 6.29. The van der Waals surface area contributed by atoms with Crippen LogP contribution in [0.2, 0.25) is 0 Å². The number of nitrogens with one attached hydrogen (secondary N) is 1. The van der Waals surface area contributed by atoms with Crippen LogP contribution in [-0.2, 0) is 16.6 Å². The first kappa shape index (κ1) is 15.1. The van der Waals surface area contributed by atoms with Crippen LogP contribution in [0.5, 0.6) is 0 Å². The smallest absolute Gasteiger partial charge is 0.246 e. The average Bonchev–Trinajstić information content (AvgIpc) is 2.80. The molecule has 1 heterocycles. The van der Waals surface area contributed by atoms with E-state index >= 15 is 0 Å². The number of likely N-dealkylation sites (N-methyl/N-ethyl adjacent to an activating group) is 1. The van der Waals surface area contributed by atoms with Crippen LogP contribution in [0.25, 0.3) is 0 Å². The van der Waals surface area contributed by atoms with Crippen LogP contribution in [0, 0.1) is 0 Å². The molecular formula is C11H22N4O2S. The Balaban J connectivity index is 2.78. The Labute approximate surface area is 109 Å². The largest absolute Gasteiger partial charge is 0.315 e. The van der Waals surface area contributed by atoms with Gasteiger partial charge >= 0.3 is 0 Å². The maximum absolute atomic E-state index is 12.2. The molecule has 0 aliphatic rings. The maximum atomic E-state index is 12.2. The summed E-state index contributed by atoms with van der Waals surface area (Å²) in [6, 6.07) is 0. The molecule has 6 nitrogen and oxygen atoms in total. The Morgan fingerprint density at radius 3 is 2.56 bits per heavy atom. The number of rotatable bonds is 8. The van der Waals surface area contributed by atoms with Gasteiger partial charge in [-0.25, -0.2) is 8.42 Å². The summed E-state index contributed by atoms with van der Waals surface area (Å²) in [6.45, 7) is 8.98. The number of nitrogens with zero attached hydrogens (tertiary/aromatic N) is 3. The SMILES string of the molecule is CCNCCn1cc(S(=O)(=O)N(CC)CC)cn1. The maximum Gasteiger partial charge on any atom is 0.246 e. The van der Waals surface area contributed by atoms with Gasteiger partial charge in [-0.15, -0.1) is 0 Å². The third-order valence-electron chi connectivity index (χ3n) is 2.72. The summed E-state index contributed by atoms with van der Waals surface area (Å²) in [5, 5.41) is 7.25. The Kier molecular flexibility index (Phi) is 5.77. The summed E-state index contributed by atoms with van der Waals surface area (Å²) < 4.78 is 27.5. The molecule has 7 heteroatoms. The Morgan fingerprint density at radius 1 is 1.33 bits per heavy atom. The fourth-order valence-corrected chi connectivity index (χ4v) is 3.10. The standard InChI is InChI=1S/C11H22N4O2S/c1-4-12-7-8-14-10-11(9-13-14)18(16,17)15(5-2)6-3/h9-10,12H,4-8H2,1-3H3. The molecule has 0 amide bonds. The van der Waals surface area contributed by atoms with Crippen molar-refractivity contribution in [3.8, 4) is 0 Å². The van der Waals surface area contributed by atoms with Crippen molar-refractivity contribution >= 4 is 10.0 Å². The molecule has 0 fully saturated rings. The Morgan fingerprint density at radius 2 is 2.00 bits per heavy atom. The van der Waals surface area contributed by atoms with Crippen molar-refractivity contribution in [3.05, 3.63) is 12.4 Å². The van der Waals surface area contributed by atoms with Gasteiger partial charge in [0.15, 0.2) is 0 Å². The second-order valence-corrected chi connectivity index (χ2v) is 5.82. The number of hydrogen-bond donors (Lipinski definition) is 1. The van der Waals surface area contributed by atoms with Crippen LogP contribution in [0.4, 0.5) is 0 Å². The van der Waals surface area contributed by atoms with E-state index in [-0.39, 0.29) is 4.90 Å². The first-order valence-corrected chi connectivity index (χ1v) is 7.73. The minimum atomic E-state index is -3.38. The molecule has 0 aromatic carbocycles. The van der Waals surface area contributed by atoms with Crippen molar-refractivity contribution < 1.29 is 8.42 Å². The van der Waals surface area contributed by atoms with Crippen LogP contribution >= 0.6 is 0 Å². The molecule has 0 radical (unpaired) electrons. The van der Waals surface area contributed by atoms with Crippen LogP contribution < -0.4 is 5.32 Å². The summed E-state index contributed by atoms with van der Waals surface area (Å²) in [4.78, 5) is 0.266. The normalized spacial score (nSPS) is 12.2. The number of sulfonamides is 1. The molecule has 1 N–H and O–H groups in total. The molecule has 0 spiro atoms. The molecule has 0 saturated carbocycles. The zero-order chi connectivity index (χ0) is 13.6. The molecule has 18 heavy (non-hydrogen) atoms. The average molecular weight is 274 g/mol. The van der Waals surface area contributed by atoms with E-state index < -0.39 is 10.0 Å². The zero-order valence-electron chi connectivity index (χ0n) is 11.3. The molecule has 0 atom stereocenters. The van der Waals surface area contributed by atoms with Gasteiger partial charge in [0.05, 0.1) is 12.7 Å². The van der Waals surface area contributed by atoms with Crippen LogP contribution in [0.1, 0.15) is 20.8 Å². The predicted molar refractivity (Wildman–Crippen MR) is 70.9 cm³/mol. The van der Waals surface area contributed by atoms with E-state index in [2.05, 4.69) is 10.4 Å². The van der Waals surface area contributed by atoms with Gasteiger partial charge < -0.3 is 5.32 Å². The summed E-state index contributed by atoms with van der Waals surface area (Å²) in [5.41, 5.74) is 0. The lowest BCUT2D eigenvalue weighted by Crippen LogP contribution is -2.30. The van der Waals surface area contributed by atoms with Crippen LogP contribution in [0.3, 0.4) is 0 Å². The summed E-state index contributed by atoms with van der Waals surface area (Å²) in [7, 11) is -3.38. The van der Waals surface area contributed by atoms with E-state index in [1.807, 2.05) is 20.8 Å². The van der Waals surface area contributed by atoms with Gasteiger partial charge in [-0.05, 0) is 6.54 Å². The van der Waals surface area contributed by atoms with Gasteiger partial charge in [-0.3, -0.25) is 4.68 Å². The Hall–Kier alpha value is -0.920. The fraction of sp³-hybridized carbons (Fsp3) is 0.727. The molecule has 0 saturated heterocycles. The lowest BCUT2D eigenvalue weighted by molar-refractivity contribution is 0.445. The third-order valence-corrected chi connectivity index (χ3v) is 4.72. The molecule has 104 valence electrons. The van der Waals surface area contributed by atoms with Crippen molar-refractivity contribution in [2.24, 2.45) is 0 Å². The van der Waals surface area contributed by atoms with Gasteiger partial charge in [0, 0.05) is 25.8 Å². The van der Waals surface area contributed by atoms with E-state index in [4.69, 9.17) is 0 Å². The van der Waals surface area contributed by atoms with E-state index in [0.29, 0.717) is 19.6 Å². The fourth-order valence-electron chi connectivity index (χ4n) is 1.68. The summed E-state index contributed by atoms with van der Waals surface area (Å²) in [6.07, 6.45) is 3.00. The summed E-state index contributed by atoms with van der Waals surface area (Å²) >= 11 is 0. The van der Waals surface area contributed by atoms with E-state index in [1.54, 1.807) is 10.9 Å². The lowest BCUT2D eigenvalue weighted by atomic mass is 10.6. The highest BCUT2D eigenvalue weighted by Gasteiger charge is 2.22. The quantitative estimate of drug-likeness (QED) is 0.702. The molecule has 1 aromatic heterocycles. The molecule has 1 rings (SSSR count). The number of aromatic nitrogens is 2. The van der Waals surface area contributed by atoms with Gasteiger partial charge in [0.25, 0.3) is 0 Å². The van der Waals surface area contributed by atoms with Crippen molar-refractivity contribution in [1.82, 2.24) is 19.4 Å². The number of hydrogen-bond acceptors (Lipinski definition) is 4. The lowest BCUT2D eigenvalue weighted by Gasteiger charge is -2.16. The van der Waals surface area contributed by atoms with Crippen molar-refractivity contribution in [1.29, 1.82) is 0 Å². The minimum Gasteiger partial charge on any atom is -0.315 e. The van der Waals surface area contributed by atoms with Crippen LogP contribution in [-0.4, -0.2) is 48.7 Å². The second-order valence-electron chi connectivity index (χ2n) is 3.88. The third kappa shape index (κ3) is 3.54. The molecule has 0 unspecified atom stereocenters. The van der Waals surface area contributed by atoms with Crippen molar-refractivity contribution in [3.63, 3.8) is 0 Å². The second kappa shape index (κ2) is 6.86. The highest BCUT2D eigenvalue weighted by molar-refractivity contribution is 7.89. The van der Waals surface area contributed by atoms with Gasteiger partial charge in [-0.2, -0.15) is 9.40 Å². The molecule has 0 aliphatic carbocycles. The van der Waals surface area contributed by atoms with Gasteiger partial charge in [0.2, 0.25) is 10.0 Å². The van der Waals surface area contributed by atoms with E-state index in [1.165, 1.54) is 10.5 Å². The van der Waals surface area contributed by atoms with Crippen molar-refractivity contribution in [2.45, 2.75) is 32.2 Å². The zero-order valence-corrected chi connectivity index (χ0v) is 12.1. The monoisotopic (exact) mass is 274 g/mol. The van der Waals surface area contributed by atoms with Crippen LogP contribution in [0.15, 0.2) is 17.3 Å².